The van der Waals surface area contributed by atoms with Crippen LogP contribution in [0.15, 0.2) is 24.3 Å². The maximum atomic E-state index is 12.0. The molecule has 0 saturated heterocycles. The summed E-state index contributed by atoms with van der Waals surface area (Å²) in [5, 5.41) is 2.71. The zero-order valence-electron chi connectivity index (χ0n) is 13.9. The molecule has 1 N–H and O–H groups in total. The quantitative estimate of drug-likeness (QED) is 0.759. The normalized spacial score (nSPS) is 14.4. The molecule has 7 heteroatoms. The molecule has 1 atom stereocenters. The van der Waals surface area contributed by atoms with Gasteiger partial charge in [-0.05, 0) is 25.5 Å². The molecule has 24 heavy (non-hydrogen) atoms. The van der Waals surface area contributed by atoms with E-state index in [0.717, 1.165) is 6.42 Å². The van der Waals surface area contributed by atoms with Crippen molar-refractivity contribution in [3.63, 3.8) is 0 Å². The molecular formula is C17H22N2O5. The molecule has 0 aromatic heterocycles. The van der Waals surface area contributed by atoms with Gasteiger partial charge in [-0.15, -0.1) is 0 Å². The first-order valence-electron chi connectivity index (χ1n) is 7.98. The first-order chi connectivity index (χ1) is 11.5. The second-order valence-electron chi connectivity index (χ2n) is 5.59. The van der Waals surface area contributed by atoms with Crippen molar-refractivity contribution < 1.29 is 23.9 Å². The molecule has 2 rings (SSSR count). The van der Waals surface area contributed by atoms with Crippen molar-refractivity contribution in [2.45, 2.75) is 32.7 Å². The van der Waals surface area contributed by atoms with Crippen molar-refractivity contribution in [2.75, 3.05) is 24.7 Å². The largest absolute Gasteiger partial charge is 0.482 e. The Balaban J connectivity index is 1.82. The van der Waals surface area contributed by atoms with E-state index < -0.39 is 5.97 Å². The fraction of sp³-hybridized carbons (Fsp3) is 0.471. The molecule has 1 aromatic carbocycles. The average molecular weight is 334 g/mol. The Hall–Kier alpha value is -2.57. The minimum atomic E-state index is -0.522. The molecule has 0 spiro atoms. The van der Waals surface area contributed by atoms with Crippen LogP contribution in [0.4, 0.5) is 5.69 Å². The highest BCUT2D eigenvalue weighted by Gasteiger charge is 2.25. The summed E-state index contributed by atoms with van der Waals surface area (Å²) in [5.74, 6) is -0.453. The van der Waals surface area contributed by atoms with Gasteiger partial charge in [0.1, 0.15) is 5.75 Å². The number of nitrogens with zero attached hydrogens (tertiary/aromatic N) is 1. The van der Waals surface area contributed by atoms with E-state index in [1.54, 1.807) is 18.2 Å². The number of esters is 1. The maximum absolute atomic E-state index is 12.0. The lowest BCUT2D eigenvalue weighted by atomic mass is 10.2. The molecule has 1 aromatic rings. The highest BCUT2D eigenvalue weighted by molar-refractivity contribution is 5.98. The summed E-state index contributed by atoms with van der Waals surface area (Å²) >= 11 is 0. The molecule has 0 saturated carbocycles. The number of hydrogen-bond donors (Lipinski definition) is 1. The molecule has 1 heterocycles. The smallest absolute Gasteiger partial charge is 0.308 e. The molecule has 0 aliphatic carbocycles. The molecule has 1 aliphatic rings. The maximum Gasteiger partial charge on any atom is 0.308 e. The van der Waals surface area contributed by atoms with Gasteiger partial charge in [0.25, 0.3) is 11.8 Å². The molecule has 7 nitrogen and oxygen atoms in total. The summed E-state index contributed by atoms with van der Waals surface area (Å²) in [6, 6.07) is 7.19. The Morgan fingerprint density at radius 3 is 2.88 bits per heavy atom. The predicted octanol–water partition coefficient (Wildman–Crippen LogP) is 1.26. The van der Waals surface area contributed by atoms with E-state index in [4.69, 9.17) is 9.47 Å². The molecule has 2 amide bonds. The van der Waals surface area contributed by atoms with Gasteiger partial charge >= 0.3 is 5.97 Å². The lowest BCUT2D eigenvalue weighted by Crippen LogP contribution is -2.40. The van der Waals surface area contributed by atoms with Crippen molar-refractivity contribution in [3.05, 3.63) is 24.3 Å². The summed E-state index contributed by atoms with van der Waals surface area (Å²) in [4.78, 5) is 36.8. The summed E-state index contributed by atoms with van der Waals surface area (Å²) < 4.78 is 10.3. The Bertz CT molecular complexity index is 617. The lowest BCUT2D eigenvalue weighted by molar-refractivity contribution is -0.148. The monoisotopic (exact) mass is 334 g/mol. The van der Waals surface area contributed by atoms with Crippen molar-refractivity contribution in [1.29, 1.82) is 0 Å². The van der Waals surface area contributed by atoms with Gasteiger partial charge in [-0.3, -0.25) is 14.4 Å². The Kier molecular flexibility index (Phi) is 6.17. The second kappa shape index (κ2) is 8.33. The van der Waals surface area contributed by atoms with Gasteiger partial charge < -0.3 is 19.7 Å². The number of para-hydroxylation sites is 2. The zero-order chi connectivity index (χ0) is 17.5. The van der Waals surface area contributed by atoms with Crippen LogP contribution in [-0.4, -0.2) is 43.6 Å². The Morgan fingerprint density at radius 1 is 1.38 bits per heavy atom. The minimum Gasteiger partial charge on any atom is -0.482 e. The number of benzene rings is 1. The third-order valence-electron chi connectivity index (χ3n) is 3.73. The standard InChI is InChI=1S/C17H22N2O5/c1-3-12(2)18-15(20)10-24-17(22)8-9-19-13-6-4-5-7-14(13)23-11-16(19)21/h4-7,12H,3,8-11H2,1-2H3,(H,18,20)/t12-/m0/s1. The second-order valence-corrected chi connectivity index (χ2v) is 5.59. The van der Waals surface area contributed by atoms with Gasteiger partial charge in [0.2, 0.25) is 0 Å². The van der Waals surface area contributed by atoms with Crippen LogP contribution in [0.2, 0.25) is 0 Å². The van der Waals surface area contributed by atoms with Crippen molar-refractivity contribution >= 4 is 23.5 Å². The summed E-state index contributed by atoms with van der Waals surface area (Å²) in [5.41, 5.74) is 0.635. The third-order valence-corrected chi connectivity index (χ3v) is 3.73. The van der Waals surface area contributed by atoms with Gasteiger partial charge in [0.15, 0.2) is 13.2 Å². The predicted molar refractivity (Wildman–Crippen MR) is 87.8 cm³/mol. The number of carbonyl (C=O) groups excluding carboxylic acids is 3. The van der Waals surface area contributed by atoms with E-state index in [0.29, 0.717) is 11.4 Å². The molecule has 0 bridgehead atoms. The van der Waals surface area contributed by atoms with Crippen LogP contribution in [0.5, 0.6) is 5.75 Å². The first-order valence-corrected chi connectivity index (χ1v) is 7.98. The molecular weight excluding hydrogens is 312 g/mol. The number of hydrogen-bond acceptors (Lipinski definition) is 5. The number of nitrogens with one attached hydrogen (secondary N) is 1. The first kappa shape index (κ1) is 17.8. The fourth-order valence-electron chi connectivity index (χ4n) is 2.24. The molecule has 1 aliphatic heterocycles. The number of rotatable bonds is 7. The SMILES string of the molecule is CC[C@H](C)NC(=O)COC(=O)CCN1C(=O)COc2ccccc21. The zero-order valence-corrected chi connectivity index (χ0v) is 13.9. The van der Waals surface area contributed by atoms with Crippen molar-refractivity contribution in [3.8, 4) is 5.75 Å². The molecule has 0 fully saturated rings. The van der Waals surface area contributed by atoms with Crippen molar-refractivity contribution in [1.82, 2.24) is 5.32 Å². The lowest BCUT2D eigenvalue weighted by Gasteiger charge is -2.28. The topological polar surface area (TPSA) is 84.9 Å². The van der Waals surface area contributed by atoms with Gasteiger partial charge in [-0.1, -0.05) is 19.1 Å². The van der Waals surface area contributed by atoms with E-state index in [-0.39, 0.29) is 44.0 Å². The number of amides is 2. The van der Waals surface area contributed by atoms with Crippen LogP contribution >= 0.6 is 0 Å². The third kappa shape index (κ3) is 4.71. The number of carbonyl (C=O) groups is 3. The fourth-order valence-corrected chi connectivity index (χ4v) is 2.24. The molecule has 0 unspecified atom stereocenters. The Morgan fingerprint density at radius 2 is 2.12 bits per heavy atom. The average Bonchev–Trinajstić information content (AvgIpc) is 2.59. The van der Waals surface area contributed by atoms with Crippen molar-refractivity contribution in [2.24, 2.45) is 0 Å². The van der Waals surface area contributed by atoms with Crippen LogP contribution in [0, 0.1) is 0 Å². The summed E-state index contributed by atoms with van der Waals surface area (Å²) in [6.07, 6.45) is 0.814. The van der Waals surface area contributed by atoms with E-state index in [1.807, 2.05) is 19.9 Å². The Labute approximate surface area is 140 Å². The van der Waals surface area contributed by atoms with E-state index >= 15 is 0 Å². The van der Waals surface area contributed by atoms with Crippen LogP contribution in [0.25, 0.3) is 0 Å². The highest BCUT2D eigenvalue weighted by atomic mass is 16.5. The summed E-state index contributed by atoms with van der Waals surface area (Å²) in [6.45, 7) is 3.65. The van der Waals surface area contributed by atoms with Crippen LogP contribution in [0.1, 0.15) is 26.7 Å². The van der Waals surface area contributed by atoms with E-state index in [1.165, 1.54) is 4.90 Å². The van der Waals surface area contributed by atoms with Crippen LogP contribution < -0.4 is 15.0 Å². The van der Waals surface area contributed by atoms with E-state index in [9.17, 15) is 14.4 Å². The number of ether oxygens (including phenoxy) is 2. The highest BCUT2D eigenvalue weighted by Crippen LogP contribution is 2.31. The summed E-state index contributed by atoms with van der Waals surface area (Å²) in [7, 11) is 0. The van der Waals surface area contributed by atoms with Crippen LogP contribution in [0.3, 0.4) is 0 Å². The van der Waals surface area contributed by atoms with Crippen LogP contribution in [-0.2, 0) is 19.1 Å². The van der Waals surface area contributed by atoms with Gasteiger partial charge in [0, 0.05) is 12.6 Å². The van der Waals surface area contributed by atoms with Gasteiger partial charge in [0.05, 0.1) is 12.1 Å². The van der Waals surface area contributed by atoms with E-state index in [2.05, 4.69) is 5.32 Å². The number of fused-ring (bicyclic) bond motifs is 1. The molecule has 130 valence electrons. The minimum absolute atomic E-state index is 0.0106. The number of anilines is 1. The molecule has 0 radical (unpaired) electrons. The van der Waals surface area contributed by atoms with Gasteiger partial charge in [-0.25, -0.2) is 0 Å². The van der Waals surface area contributed by atoms with Gasteiger partial charge in [-0.2, -0.15) is 0 Å².